The highest BCUT2D eigenvalue weighted by Gasteiger charge is 2.19. The van der Waals surface area contributed by atoms with Gasteiger partial charge in [0.1, 0.15) is 0 Å². The lowest BCUT2D eigenvalue weighted by molar-refractivity contribution is 0.103. The Morgan fingerprint density at radius 2 is 2.05 bits per heavy atom. The number of hydrogen-bond acceptors (Lipinski definition) is 7. The van der Waals surface area contributed by atoms with Crippen molar-refractivity contribution in [2.24, 2.45) is 0 Å². The molecule has 8 heteroatoms. The van der Waals surface area contributed by atoms with E-state index in [1.807, 2.05) is 13.0 Å². The van der Waals surface area contributed by atoms with E-state index in [0.29, 0.717) is 10.7 Å². The van der Waals surface area contributed by atoms with Crippen LogP contribution < -0.4 is 5.73 Å². The number of carbonyl (C=O) groups excluding carboxylic acids is 1. The number of ketones is 1. The molecule has 0 aliphatic carbocycles. The molecule has 0 bridgehead atoms. The number of aromatic nitrogens is 5. The number of hydrogen-bond donors (Lipinski definition) is 1. The van der Waals surface area contributed by atoms with E-state index in [1.165, 1.54) is 16.3 Å². The van der Waals surface area contributed by atoms with Gasteiger partial charge in [-0.3, -0.25) is 4.79 Å². The molecule has 0 radical (unpaired) electrons. The molecule has 0 unspecified atom stereocenters. The molecular weight excluding hydrogens is 288 g/mol. The molecule has 1 aromatic carbocycles. The number of nitrogen functional groups attached to an aromatic ring is 1. The first-order chi connectivity index (χ1) is 10.2. The summed E-state index contributed by atoms with van der Waals surface area (Å²) in [7, 11) is 0. The van der Waals surface area contributed by atoms with Gasteiger partial charge in [-0.15, -0.1) is 15.3 Å². The Labute approximate surface area is 124 Å². The summed E-state index contributed by atoms with van der Waals surface area (Å²) >= 11 is 1.47. The number of carbonyl (C=O) groups is 1. The minimum absolute atomic E-state index is 0.0756. The summed E-state index contributed by atoms with van der Waals surface area (Å²) in [5.41, 5.74) is 6.57. The van der Waals surface area contributed by atoms with Crippen LogP contribution in [0.25, 0.3) is 5.78 Å². The number of thioether (sulfide) groups is 1. The van der Waals surface area contributed by atoms with Crippen molar-refractivity contribution in [3.8, 4) is 0 Å². The van der Waals surface area contributed by atoms with Crippen molar-refractivity contribution in [3.63, 3.8) is 0 Å². The van der Waals surface area contributed by atoms with Crippen molar-refractivity contribution in [1.29, 1.82) is 0 Å². The number of rotatable bonds is 4. The summed E-state index contributed by atoms with van der Waals surface area (Å²) in [4.78, 5) is 16.6. The predicted molar refractivity (Wildman–Crippen MR) is 79.3 cm³/mol. The van der Waals surface area contributed by atoms with Gasteiger partial charge >= 0.3 is 0 Å². The highest BCUT2D eigenvalue weighted by atomic mass is 32.2. The Morgan fingerprint density at radius 3 is 2.76 bits per heavy atom. The molecule has 0 fully saturated rings. The number of anilines is 1. The van der Waals surface area contributed by atoms with Crippen LogP contribution in [-0.4, -0.2) is 36.3 Å². The highest BCUT2D eigenvalue weighted by molar-refractivity contribution is 7.99. The Hall–Kier alpha value is -2.48. The molecule has 0 atom stereocenters. The monoisotopic (exact) mass is 300 g/mol. The van der Waals surface area contributed by atoms with Gasteiger partial charge in [-0.05, 0) is 5.75 Å². The van der Waals surface area contributed by atoms with Gasteiger partial charge in [-0.25, -0.2) is 0 Å². The van der Waals surface area contributed by atoms with Gasteiger partial charge in [0, 0.05) is 5.56 Å². The first kappa shape index (κ1) is 13.5. The van der Waals surface area contributed by atoms with Crippen molar-refractivity contribution in [2.75, 3.05) is 11.5 Å². The zero-order valence-corrected chi connectivity index (χ0v) is 12.0. The zero-order valence-electron chi connectivity index (χ0n) is 11.2. The molecule has 2 N–H and O–H groups in total. The van der Waals surface area contributed by atoms with Gasteiger partial charge in [0.2, 0.25) is 10.9 Å². The predicted octanol–water partition coefficient (Wildman–Crippen LogP) is 1.44. The Morgan fingerprint density at radius 1 is 1.29 bits per heavy atom. The maximum Gasteiger partial charge on any atom is 0.274 e. The van der Waals surface area contributed by atoms with Gasteiger partial charge in [0.25, 0.3) is 5.78 Å². The summed E-state index contributed by atoms with van der Waals surface area (Å²) in [5.74, 6) is 0.972. The van der Waals surface area contributed by atoms with Crippen LogP contribution in [0.4, 0.5) is 5.82 Å². The van der Waals surface area contributed by atoms with Crippen molar-refractivity contribution >= 4 is 29.1 Å². The van der Waals surface area contributed by atoms with E-state index in [9.17, 15) is 4.79 Å². The number of benzene rings is 1. The zero-order chi connectivity index (χ0) is 14.8. The van der Waals surface area contributed by atoms with Crippen LogP contribution >= 0.6 is 11.8 Å². The molecular formula is C13H12N6OS. The molecule has 2 aromatic heterocycles. The summed E-state index contributed by atoms with van der Waals surface area (Å²) in [5, 5.41) is 12.6. The fourth-order valence-corrected chi connectivity index (χ4v) is 2.38. The highest BCUT2D eigenvalue weighted by Crippen LogP contribution is 2.17. The lowest BCUT2D eigenvalue weighted by atomic mass is 10.1. The van der Waals surface area contributed by atoms with E-state index >= 15 is 0 Å². The summed E-state index contributed by atoms with van der Waals surface area (Å²) in [6, 6.07) is 8.79. The van der Waals surface area contributed by atoms with Crippen LogP contribution in [0.3, 0.4) is 0 Å². The van der Waals surface area contributed by atoms with E-state index in [2.05, 4.69) is 20.3 Å². The fourth-order valence-electron chi connectivity index (χ4n) is 1.84. The van der Waals surface area contributed by atoms with Crippen LogP contribution in [0, 0.1) is 0 Å². The Kier molecular flexibility index (Phi) is 3.53. The third-order valence-corrected chi connectivity index (χ3v) is 3.53. The second kappa shape index (κ2) is 5.49. The normalized spacial score (nSPS) is 10.9. The lowest BCUT2D eigenvalue weighted by Gasteiger charge is -2.03. The minimum atomic E-state index is -0.289. The van der Waals surface area contributed by atoms with Crippen LogP contribution in [0.15, 0.2) is 35.5 Å². The Bertz CT molecular complexity index is 801. The third kappa shape index (κ3) is 2.45. The molecule has 0 saturated carbocycles. The van der Waals surface area contributed by atoms with Gasteiger partial charge in [-0.2, -0.15) is 9.50 Å². The van der Waals surface area contributed by atoms with Crippen molar-refractivity contribution in [3.05, 3.63) is 41.6 Å². The summed E-state index contributed by atoms with van der Waals surface area (Å²) in [6.45, 7) is 2.00. The summed E-state index contributed by atoms with van der Waals surface area (Å²) in [6.07, 6.45) is 0. The molecule has 3 aromatic rings. The lowest BCUT2D eigenvalue weighted by Crippen LogP contribution is -2.14. The van der Waals surface area contributed by atoms with Crippen LogP contribution in [0.5, 0.6) is 0 Å². The topological polar surface area (TPSA) is 99.1 Å². The van der Waals surface area contributed by atoms with Gasteiger partial charge < -0.3 is 5.73 Å². The average Bonchev–Trinajstić information content (AvgIpc) is 2.92. The maximum atomic E-state index is 12.4. The molecule has 0 spiro atoms. The molecule has 0 amide bonds. The second-order valence-electron chi connectivity index (χ2n) is 4.17. The molecule has 0 aliphatic rings. The van der Waals surface area contributed by atoms with E-state index in [1.54, 1.807) is 24.3 Å². The second-order valence-corrected chi connectivity index (χ2v) is 5.40. The number of nitrogens with zero attached hydrogens (tertiary/aromatic N) is 5. The van der Waals surface area contributed by atoms with Crippen LogP contribution in [0.1, 0.15) is 23.0 Å². The van der Waals surface area contributed by atoms with E-state index in [4.69, 9.17) is 5.73 Å². The van der Waals surface area contributed by atoms with Gasteiger partial charge in [0.15, 0.2) is 11.5 Å². The first-order valence-corrected chi connectivity index (χ1v) is 7.30. The van der Waals surface area contributed by atoms with Crippen molar-refractivity contribution in [2.45, 2.75) is 12.1 Å². The van der Waals surface area contributed by atoms with E-state index in [0.717, 1.165) is 5.75 Å². The standard InChI is InChI=1S/C13H12N6OS/c1-2-21-13-15-12-17-16-9(11(14)19(12)18-13)10(20)8-6-4-3-5-7-8/h3-7H,2,14H2,1H3. The van der Waals surface area contributed by atoms with Crippen molar-refractivity contribution < 1.29 is 4.79 Å². The fraction of sp³-hybridized carbons (Fsp3) is 0.154. The minimum Gasteiger partial charge on any atom is -0.382 e. The van der Waals surface area contributed by atoms with E-state index < -0.39 is 0 Å². The van der Waals surface area contributed by atoms with Crippen LogP contribution in [-0.2, 0) is 0 Å². The van der Waals surface area contributed by atoms with Crippen LogP contribution in [0.2, 0.25) is 0 Å². The third-order valence-electron chi connectivity index (χ3n) is 2.81. The largest absolute Gasteiger partial charge is 0.382 e. The Balaban J connectivity index is 2.07. The molecule has 2 heterocycles. The average molecular weight is 300 g/mol. The molecule has 0 aliphatic heterocycles. The molecule has 7 nitrogen and oxygen atoms in total. The molecule has 3 rings (SSSR count). The summed E-state index contributed by atoms with van der Waals surface area (Å²) < 4.78 is 1.35. The van der Waals surface area contributed by atoms with Crippen molar-refractivity contribution in [1.82, 2.24) is 24.8 Å². The van der Waals surface area contributed by atoms with Gasteiger partial charge in [-0.1, -0.05) is 49.0 Å². The number of nitrogens with two attached hydrogens (primary N) is 1. The first-order valence-electron chi connectivity index (χ1n) is 6.32. The molecule has 21 heavy (non-hydrogen) atoms. The van der Waals surface area contributed by atoms with Gasteiger partial charge in [0.05, 0.1) is 0 Å². The SMILES string of the molecule is CCSc1nc2nnc(C(=O)c3ccccc3)c(N)n2n1. The smallest absolute Gasteiger partial charge is 0.274 e. The molecule has 0 saturated heterocycles. The van der Waals surface area contributed by atoms with E-state index in [-0.39, 0.29) is 23.1 Å². The quantitative estimate of drug-likeness (QED) is 0.575. The maximum absolute atomic E-state index is 12.4. The number of fused-ring (bicyclic) bond motifs is 1. The molecule has 106 valence electrons.